The molecule has 0 unspecified atom stereocenters. The molecule has 0 bridgehead atoms. The molecule has 0 aliphatic heterocycles. The normalized spacial score (nSPS) is 11.5. The number of aromatic nitrogens is 1. The van der Waals surface area contributed by atoms with E-state index in [-0.39, 0.29) is 0 Å². The van der Waals surface area contributed by atoms with E-state index in [0.717, 1.165) is 29.0 Å². The van der Waals surface area contributed by atoms with Crippen molar-refractivity contribution in [2.24, 2.45) is 5.92 Å². The van der Waals surface area contributed by atoms with Gasteiger partial charge in [0, 0.05) is 23.7 Å². The number of hydrogen-bond donors (Lipinski definition) is 1. The Balaban J connectivity index is 2.40. The summed E-state index contributed by atoms with van der Waals surface area (Å²) >= 11 is 0. The minimum Gasteiger partial charge on any atom is -0.399 e. The fraction of sp³-hybridized carbons (Fsp3) is 0.438. The van der Waals surface area contributed by atoms with Gasteiger partial charge in [-0.15, -0.1) is 0 Å². The molecule has 0 amide bonds. The van der Waals surface area contributed by atoms with E-state index in [1.807, 2.05) is 18.2 Å². The summed E-state index contributed by atoms with van der Waals surface area (Å²) in [7, 11) is 0. The first kappa shape index (κ1) is 13.7. The molecule has 19 heavy (non-hydrogen) atoms. The lowest BCUT2D eigenvalue weighted by molar-refractivity contribution is 0.567. The van der Waals surface area contributed by atoms with Crippen LogP contribution in [0.25, 0.3) is 10.9 Å². The molecule has 0 atom stereocenters. The third kappa shape index (κ3) is 3.16. The quantitative estimate of drug-likeness (QED) is 0.849. The lowest BCUT2D eigenvalue weighted by Crippen LogP contribution is -2.34. The minimum absolute atomic E-state index is 0.445. The van der Waals surface area contributed by atoms with Crippen LogP contribution in [0.2, 0.25) is 0 Å². The van der Waals surface area contributed by atoms with Gasteiger partial charge in [0.1, 0.15) is 5.82 Å². The van der Waals surface area contributed by atoms with E-state index < -0.39 is 0 Å². The van der Waals surface area contributed by atoms with Crippen LogP contribution in [0.4, 0.5) is 11.5 Å². The topological polar surface area (TPSA) is 42.1 Å². The summed E-state index contributed by atoms with van der Waals surface area (Å²) in [5.74, 6) is 1.66. The summed E-state index contributed by atoms with van der Waals surface area (Å²) in [5, 5.41) is 1.09. The maximum absolute atomic E-state index is 5.80. The van der Waals surface area contributed by atoms with Gasteiger partial charge in [0.25, 0.3) is 0 Å². The van der Waals surface area contributed by atoms with E-state index in [1.54, 1.807) is 0 Å². The highest BCUT2D eigenvalue weighted by molar-refractivity contribution is 5.83. The monoisotopic (exact) mass is 257 g/mol. The van der Waals surface area contributed by atoms with Crippen LogP contribution in [0.3, 0.4) is 0 Å². The number of nitrogens with two attached hydrogens (primary N) is 1. The first-order chi connectivity index (χ1) is 8.97. The van der Waals surface area contributed by atoms with E-state index in [1.165, 1.54) is 0 Å². The van der Waals surface area contributed by atoms with E-state index in [4.69, 9.17) is 10.7 Å². The van der Waals surface area contributed by atoms with Crippen LogP contribution < -0.4 is 10.6 Å². The van der Waals surface area contributed by atoms with Gasteiger partial charge in [-0.3, -0.25) is 0 Å². The molecule has 0 saturated carbocycles. The Bertz CT molecular complexity index is 561. The third-order valence-corrected chi connectivity index (χ3v) is 3.18. The molecule has 3 nitrogen and oxygen atoms in total. The van der Waals surface area contributed by atoms with Crippen molar-refractivity contribution in [3.05, 3.63) is 30.3 Å². The van der Waals surface area contributed by atoms with E-state index in [0.29, 0.717) is 12.0 Å². The van der Waals surface area contributed by atoms with Gasteiger partial charge < -0.3 is 10.6 Å². The van der Waals surface area contributed by atoms with Crippen molar-refractivity contribution in [2.45, 2.75) is 33.7 Å². The van der Waals surface area contributed by atoms with Crippen LogP contribution in [-0.2, 0) is 0 Å². The van der Waals surface area contributed by atoms with Gasteiger partial charge in [-0.2, -0.15) is 0 Å². The number of hydrogen-bond acceptors (Lipinski definition) is 3. The number of fused-ring (bicyclic) bond motifs is 1. The molecule has 1 heterocycles. The molecule has 0 radical (unpaired) electrons. The van der Waals surface area contributed by atoms with Crippen LogP contribution in [0.5, 0.6) is 0 Å². The molecule has 1 aromatic carbocycles. The fourth-order valence-corrected chi connectivity index (χ4v) is 2.26. The molecule has 2 N–H and O–H groups in total. The van der Waals surface area contributed by atoms with Crippen molar-refractivity contribution in [1.82, 2.24) is 4.98 Å². The Kier molecular flexibility index (Phi) is 3.93. The lowest BCUT2D eigenvalue weighted by atomic mass is 10.1. The van der Waals surface area contributed by atoms with Gasteiger partial charge in [0.05, 0.1) is 5.52 Å². The summed E-state index contributed by atoms with van der Waals surface area (Å²) in [6.07, 6.45) is 0. The standard InChI is InChI=1S/C16H23N3/c1-11(2)10-19(12(3)4)16-8-5-13-9-14(17)6-7-15(13)18-16/h5-9,11-12H,10,17H2,1-4H3. The number of rotatable bonds is 4. The zero-order valence-corrected chi connectivity index (χ0v) is 12.2. The predicted molar refractivity (Wildman–Crippen MR) is 83.5 cm³/mol. The zero-order chi connectivity index (χ0) is 14.0. The molecular formula is C16H23N3. The molecule has 2 aromatic rings. The average Bonchev–Trinajstić information content (AvgIpc) is 2.35. The van der Waals surface area contributed by atoms with Crippen molar-refractivity contribution in [3.63, 3.8) is 0 Å². The number of benzene rings is 1. The predicted octanol–water partition coefficient (Wildman–Crippen LogP) is 3.69. The van der Waals surface area contributed by atoms with Crippen molar-refractivity contribution in [1.29, 1.82) is 0 Å². The van der Waals surface area contributed by atoms with Gasteiger partial charge in [0.15, 0.2) is 0 Å². The van der Waals surface area contributed by atoms with Crippen molar-refractivity contribution < 1.29 is 0 Å². The van der Waals surface area contributed by atoms with Gasteiger partial charge >= 0.3 is 0 Å². The molecule has 0 saturated heterocycles. The molecule has 0 aliphatic carbocycles. The Morgan fingerprint density at radius 2 is 1.84 bits per heavy atom. The number of nitrogen functional groups attached to an aromatic ring is 1. The first-order valence-electron chi connectivity index (χ1n) is 6.90. The second-order valence-corrected chi connectivity index (χ2v) is 5.76. The number of pyridine rings is 1. The van der Waals surface area contributed by atoms with Crippen molar-refractivity contribution in [3.8, 4) is 0 Å². The maximum atomic E-state index is 5.80. The van der Waals surface area contributed by atoms with Crippen LogP contribution in [0.1, 0.15) is 27.7 Å². The average molecular weight is 257 g/mol. The van der Waals surface area contributed by atoms with E-state index >= 15 is 0 Å². The summed E-state index contributed by atoms with van der Waals surface area (Å²) in [5.41, 5.74) is 7.58. The number of nitrogens with zero attached hydrogens (tertiary/aromatic N) is 2. The Hall–Kier alpha value is -1.77. The first-order valence-corrected chi connectivity index (χ1v) is 6.90. The molecule has 0 fully saturated rings. The van der Waals surface area contributed by atoms with Crippen LogP contribution >= 0.6 is 0 Å². The van der Waals surface area contributed by atoms with Crippen molar-refractivity contribution in [2.75, 3.05) is 17.2 Å². The van der Waals surface area contributed by atoms with Gasteiger partial charge in [0.2, 0.25) is 0 Å². The zero-order valence-electron chi connectivity index (χ0n) is 12.2. The smallest absolute Gasteiger partial charge is 0.129 e. The summed E-state index contributed by atoms with van der Waals surface area (Å²) in [6.45, 7) is 9.90. The largest absolute Gasteiger partial charge is 0.399 e. The molecule has 0 spiro atoms. The van der Waals surface area contributed by atoms with Gasteiger partial charge in [-0.25, -0.2) is 4.98 Å². The third-order valence-electron chi connectivity index (χ3n) is 3.18. The fourth-order valence-electron chi connectivity index (χ4n) is 2.26. The highest BCUT2D eigenvalue weighted by Gasteiger charge is 2.13. The highest BCUT2D eigenvalue weighted by Crippen LogP contribution is 2.22. The Labute approximate surface area is 115 Å². The summed E-state index contributed by atoms with van der Waals surface area (Å²) in [6, 6.07) is 10.5. The minimum atomic E-state index is 0.445. The molecule has 102 valence electrons. The molecular weight excluding hydrogens is 234 g/mol. The highest BCUT2D eigenvalue weighted by atomic mass is 15.2. The summed E-state index contributed by atoms with van der Waals surface area (Å²) < 4.78 is 0. The molecule has 3 heteroatoms. The SMILES string of the molecule is CC(C)CN(c1ccc2cc(N)ccc2n1)C(C)C. The number of anilines is 2. The second kappa shape index (κ2) is 5.47. The Morgan fingerprint density at radius 3 is 2.47 bits per heavy atom. The Morgan fingerprint density at radius 1 is 1.11 bits per heavy atom. The van der Waals surface area contributed by atoms with Gasteiger partial charge in [-0.1, -0.05) is 13.8 Å². The van der Waals surface area contributed by atoms with Gasteiger partial charge in [-0.05, 0) is 50.1 Å². The molecule has 1 aromatic heterocycles. The molecule has 0 aliphatic rings. The van der Waals surface area contributed by atoms with Crippen molar-refractivity contribution >= 4 is 22.4 Å². The second-order valence-electron chi connectivity index (χ2n) is 5.76. The summed E-state index contributed by atoms with van der Waals surface area (Å²) in [4.78, 5) is 7.11. The van der Waals surface area contributed by atoms with Crippen LogP contribution in [0, 0.1) is 5.92 Å². The lowest BCUT2D eigenvalue weighted by Gasteiger charge is -2.29. The maximum Gasteiger partial charge on any atom is 0.129 e. The molecule has 2 rings (SSSR count). The van der Waals surface area contributed by atoms with E-state index in [9.17, 15) is 0 Å². The van der Waals surface area contributed by atoms with E-state index in [2.05, 4.69) is 44.7 Å². The van der Waals surface area contributed by atoms with Crippen LogP contribution in [-0.4, -0.2) is 17.6 Å². The van der Waals surface area contributed by atoms with Crippen LogP contribution in [0.15, 0.2) is 30.3 Å².